The molecule has 0 radical (unpaired) electrons. The van der Waals surface area contributed by atoms with Crippen molar-refractivity contribution in [2.75, 3.05) is 13.2 Å². The summed E-state index contributed by atoms with van der Waals surface area (Å²) in [4.78, 5) is 13.0. The average Bonchev–Trinajstić information content (AvgIpc) is 3.18. The van der Waals surface area contributed by atoms with Gasteiger partial charge in [0.05, 0.1) is 25.4 Å². The quantitative estimate of drug-likeness (QED) is 0.0189. The first kappa shape index (κ1) is 53.6. The Morgan fingerprint density at radius 2 is 1.18 bits per heavy atom. The van der Waals surface area contributed by atoms with E-state index in [0.29, 0.717) is 12.8 Å². The molecular formula is C43H81NO12S. The Kier molecular flexibility index (Phi) is 32.2. The van der Waals surface area contributed by atoms with Crippen molar-refractivity contribution in [1.29, 1.82) is 0 Å². The molecule has 336 valence electrons. The van der Waals surface area contributed by atoms with E-state index in [-0.39, 0.29) is 6.42 Å². The normalized spacial score (nSPS) is 22.0. The molecule has 57 heavy (non-hydrogen) atoms. The van der Waals surface area contributed by atoms with Gasteiger partial charge in [-0.2, -0.15) is 8.42 Å². The van der Waals surface area contributed by atoms with Crippen molar-refractivity contribution in [2.24, 2.45) is 0 Å². The van der Waals surface area contributed by atoms with Gasteiger partial charge in [-0.05, 0) is 38.5 Å². The highest BCUT2D eigenvalue weighted by Crippen LogP contribution is 2.26. The molecule has 0 aliphatic carbocycles. The third-order valence-corrected chi connectivity index (χ3v) is 11.0. The number of hydrogen-bond donors (Lipinski definition) is 7. The zero-order valence-corrected chi connectivity index (χ0v) is 36.1. The van der Waals surface area contributed by atoms with Gasteiger partial charge in [0.1, 0.15) is 30.5 Å². The number of aliphatic hydroxyl groups excluding tert-OH is 5. The molecule has 0 spiro atoms. The van der Waals surface area contributed by atoms with E-state index < -0.39 is 78.5 Å². The summed E-state index contributed by atoms with van der Waals surface area (Å²) in [7, 11) is -5.12. The second-order valence-electron chi connectivity index (χ2n) is 15.8. The van der Waals surface area contributed by atoms with Gasteiger partial charge in [-0.15, -0.1) is 0 Å². The van der Waals surface area contributed by atoms with E-state index >= 15 is 0 Å². The van der Waals surface area contributed by atoms with E-state index in [2.05, 4.69) is 35.5 Å². The third-order valence-electron chi connectivity index (χ3n) is 10.6. The summed E-state index contributed by atoms with van der Waals surface area (Å²) >= 11 is 0. The standard InChI is InChI=1S/C43H81NO12S/c1-3-5-7-9-11-13-15-16-17-18-19-20-21-22-24-25-27-29-31-36(46)35(44-42(50)37(47)32-30-28-26-23-14-12-10-8-6-4-2)34-54-43-40(49)41(56-57(51,52)53)39(48)38(33-45)55-43/h10,12,29,31,35-41,43,45-49H,3-9,11,13-28,30,32-34H2,1-2H3,(H,44,50)(H,51,52,53)/b12-10-,31-29+. The number of ether oxygens (including phenoxy) is 2. The van der Waals surface area contributed by atoms with Crippen LogP contribution in [0.2, 0.25) is 0 Å². The lowest BCUT2D eigenvalue weighted by Gasteiger charge is -2.41. The van der Waals surface area contributed by atoms with Crippen LogP contribution >= 0.6 is 0 Å². The molecule has 1 rings (SSSR count). The largest absolute Gasteiger partial charge is 0.397 e. The van der Waals surface area contributed by atoms with Crippen molar-refractivity contribution in [1.82, 2.24) is 5.32 Å². The highest BCUT2D eigenvalue weighted by molar-refractivity contribution is 7.80. The number of carbonyl (C=O) groups excluding carboxylic acids is 1. The maximum absolute atomic E-state index is 13.0. The number of amides is 1. The van der Waals surface area contributed by atoms with Gasteiger partial charge in [0.15, 0.2) is 6.29 Å². The molecule has 8 unspecified atom stereocenters. The molecule has 0 saturated carbocycles. The van der Waals surface area contributed by atoms with Crippen LogP contribution in [0.3, 0.4) is 0 Å². The number of allylic oxidation sites excluding steroid dienone is 3. The van der Waals surface area contributed by atoms with Crippen molar-refractivity contribution < 1.29 is 57.0 Å². The fraction of sp³-hybridized carbons (Fsp3) is 0.884. The molecule has 1 amide bonds. The number of carbonyl (C=O) groups is 1. The third kappa shape index (κ3) is 27.1. The van der Waals surface area contributed by atoms with Gasteiger partial charge >= 0.3 is 10.4 Å². The lowest BCUT2D eigenvalue weighted by molar-refractivity contribution is -0.298. The molecule has 0 aromatic heterocycles. The highest BCUT2D eigenvalue weighted by Gasteiger charge is 2.48. The van der Waals surface area contributed by atoms with Crippen LogP contribution in [0.25, 0.3) is 0 Å². The Labute approximate surface area is 345 Å². The van der Waals surface area contributed by atoms with Gasteiger partial charge in [0, 0.05) is 0 Å². The average molecular weight is 836 g/mol. The number of rotatable bonds is 37. The zero-order chi connectivity index (χ0) is 42.2. The topological polar surface area (TPSA) is 212 Å². The highest BCUT2D eigenvalue weighted by atomic mass is 32.3. The molecule has 1 aliphatic heterocycles. The smallest absolute Gasteiger partial charge is 0.394 e. The number of unbranched alkanes of at least 4 members (excludes halogenated alkanes) is 22. The number of aliphatic hydroxyl groups is 5. The molecule has 8 atom stereocenters. The van der Waals surface area contributed by atoms with Crippen LogP contribution in [-0.2, 0) is 28.9 Å². The maximum Gasteiger partial charge on any atom is 0.397 e. The Bertz CT molecular complexity index is 1140. The van der Waals surface area contributed by atoms with E-state index in [1.807, 2.05) is 6.08 Å². The summed E-state index contributed by atoms with van der Waals surface area (Å²) in [5.41, 5.74) is 0. The summed E-state index contributed by atoms with van der Waals surface area (Å²) in [6, 6.07) is -1.12. The minimum absolute atomic E-state index is 0.228. The molecule has 13 nitrogen and oxygen atoms in total. The Morgan fingerprint density at radius 1 is 0.702 bits per heavy atom. The molecule has 1 fully saturated rings. The fourth-order valence-corrected chi connectivity index (χ4v) is 7.48. The molecule has 1 saturated heterocycles. The van der Waals surface area contributed by atoms with Crippen molar-refractivity contribution in [3.8, 4) is 0 Å². The minimum atomic E-state index is -5.12. The molecule has 0 bridgehead atoms. The van der Waals surface area contributed by atoms with Crippen LogP contribution < -0.4 is 5.32 Å². The van der Waals surface area contributed by atoms with Gasteiger partial charge < -0.3 is 40.3 Å². The summed E-state index contributed by atoms with van der Waals surface area (Å²) in [5.74, 6) is -0.714. The Balaban J connectivity index is 2.60. The van der Waals surface area contributed by atoms with Crippen molar-refractivity contribution in [3.63, 3.8) is 0 Å². The van der Waals surface area contributed by atoms with Gasteiger partial charge in [0.2, 0.25) is 5.91 Å². The van der Waals surface area contributed by atoms with E-state index in [0.717, 1.165) is 51.4 Å². The molecule has 14 heteroatoms. The lowest BCUT2D eigenvalue weighted by atomic mass is 9.99. The second kappa shape index (κ2) is 34.3. The van der Waals surface area contributed by atoms with Crippen molar-refractivity contribution in [3.05, 3.63) is 24.3 Å². The van der Waals surface area contributed by atoms with Crippen molar-refractivity contribution in [2.45, 2.75) is 230 Å². The zero-order valence-electron chi connectivity index (χ0n) is 35.3. The summed E-state index contributed by atoms with van der Waals surface area (Å²) < 4.78 is 47.4. The first-order valence-corrected chi connectivity index (χ1v) is 23.7. The van der Waals surface area contributed by atoms with Gasteiger partial charge in [-0.3, -0.25) is 9.35 Å². The molecule has 1 heterocycles. The summed E-state index contributed by atoms with van der Waals surface area (Å²) in [6.45, 7) is 3.15. The van der Waals surface area contributed by atoms with Crippen molar-refractivity contribution >= 4 is 16.3 Å². The van der Waals surface area contributed by atoms with Crippen LogP contribution in [0.5, 0.6) is 0 Å². The maximum atomic E-state index is 13.0. The molecule has 7 N–H and O–H groups in total. The summed E-state index contributed by atoms with van der Waals surface area (Å²) in [5, 5.41) is 55.0. The first-order chi connectivity index (χ1) is 27.4. The molecule has 0 aromatic rings. The predicted molar refractivity (Wildman–Crippen MR) is 224 cm³/mol. The van der Waals surface area contributed by atoms with E-state index in [1.54, 1.807) is 0 Å². The molecular weight excluding hydrogens is 755 g/mol. The van der Waals surface area contributed by atoms with Crippen LogP contribution in [0, 0.1) is 0 Å². The Morgan fingerprint density at radius 3 is 1.68 bits per heavy atom. The predicted octanol–water partition coefficient (Wildman–Crippen LogP) is 7.13. The van der Waals surface area contributed by atoms with Crippen LogP contribution in [0.1, 0.15) is 181 Å². The van der Waals surface area contributed by atoms with E-state index in [4.69, 9.17) is 14.0 Å². The number of hydrogen-bond acceptors (Lipinski definition) is 11. The first-order valence-electron chi connectivity index (χ1n) is 22.3. The summed E-state index contributed by atoms with van der Waals surface area (Å²) in [6.07, 6.45) is 25.6. The van der Waals surface area contributed by atoms with E-state index in [9.17, 15) is 38.7 Å². The fourth-order valence-electron chi connectivity index (χ4n) is 6.97. The van der Waals surface area contributed by atoms with Crippen LogP contribution in [0.4, 0.5) is 0 Å². The van der Waals surface area contributed by atoms with Gasteiger partial charge in [-0.25, -0.2) is 4.18 Å². The SMILES string of the molecule is CCCC/C=C\CCCCCCC(O)C(=O)NC(COC1OC(CO)C(O)C(OS(=O)(=O)O)C1O)C(O)/C=C/CCCCCCCCCCCCCCCCCC. The lowest BCUT2D eigenvalue weighted by Crippen LogP contribution is -2.61. The van der Waals surface area contributed by atoms with Crippen LogP contribution in [0.15, 0.2) is 24.3 Å². The van der Waals surface area contributed by atoms with Crippen LogP contribution in [-0.4, -0.2) is 107 Å². The molecule has 1 aliphatic rings. The Hall–Kier alpha value is -1.46. The van der Waals surface area contributed by atoms with Gasteiger partial charge in [-0.1, -0.05) is 167 Å². The monoisotopic (exact) mass is 836 g/mol. The minimum Gasteiger partial charge on any atom is -0.394 e. The van der Waals surface area contributed by atoms with E-state index in [1.165, 1.54) is 102 Å². The van der Waals surface area contributed by atoms with Gasteiger partial charge in [0.25, 0.3) is 0 Å². The molecule has 0 aromatic carbocycles. The number of nitrogens with one attached hydrogen (secondary N) is 1. The second-order valence-corrected chi connectivity index (χ2v) is 16.8.